The van der Waals surface area contributed by atoms with Crippen LogP contribution < -0.4 is 4.74 Å². The average Bonchev–Trinajstić information content (AvgIpc) is 2.90. The third-order valence-electron chi connectivity index (χ3n) is 3.00. The van der Waals surface area contributed by atoms with Gasteiger partial charge in [0.15, 0.2) is 5.82 Å². The van der Waals surface area contributed by atoms with E-state index < -0.39 is 0 Å². The molecule has 0 atom stereocenters. The van der Waals surface area contributed by atoms with Gasteiger partial charge in [-0.25, -0.2) is 9.37 Å². The number of hydrogen-bond acceptors (Lipinski definition) is 5. The lowest BCUT2D eigenvalue weighted by Crippen LogP contribution is -1.99. The van der Waals surface area contributed by atoms with Gasteiger partial charge in [-0.2, -0.15) is 9.50 Å². The number of nitrogens with zero attached hydrogens (tertiary/aromatic N) is 4. The van der Waals surface area contributed by atoms with Crippen molar-refractivity contribution in [2.75, 3.05) is 14.2 Å². The zero-order valence-corrected chi connectivity index (χ0v) is 11.6. The van der Waals surface area contributed by atoms with E-state index >= 15 is 0 Å². The lowest BCUT2D eigenvalue weighted by Gasteiger charge is -2.09. The predicted molar refractivity (Wildman–Crippen MR) is 73.4 cm³/mol. The van der Waals surface area contributed by atoms with Crippen LogP contribution in [0.25, 0.3) is 17.0 Å². The van der Waals surface area contributed by atoms with Crippen LogP contribution in [-0.2, 0) is 11.3 Å². The first-order chi connectivity index (χ1) is 10.2. The van der Waals surface area contributed by atoms with E-state index in [0.717, 1.165) is 0 Å². The molecule has 0 aliphatic heterocycles. The summed E-state index contributed by atoms with van der Waals surface area (Å²) in [6.07, 6.45) is 1.62. The van der Waals surface area contributed by atoms with Crippen LogP contribution in [0.1, 0.15) is 5.82 Å². The van der Waals surface area contributed by atoms with Crippen LogP contribution >= 0.6 is 0 Å². The fraction of sp³-hybridized carbons (Fsp3) is 0.214. The molecular formula is C14H13FN4O2. The summed E-state index contributed by atoms with van der Waals surface area (Å²) < 4.78 is 25.2. The van der Waals surface area contributed by atoms with Gasteiger partial charge < -0.3 is 9.47 Å². The van der Waals surface area contributed by atoms with Crippen molar-refractivity contribution in [3.8, 4) is 17.0 Å². The first kappa shape index (κ1) is 13.4. The van der Waals surface area contributed by atoms with Crippen molar-refractivity contribution < 1.29 is 13.9 Å². The van der Waals surface area contributed by atoms with Gasteiger partial charge in [0, 0.05) is 24.9 Å². The number of hydrogen-bond donors (Lipinski definition) is 0. The summed E-state index contributed by atoms with van der Waals surface area (Å²) in [5.74, 6) is 1.04. The smallest absolute Gasteiger partial charge is 0.253 e. The molecule has 21 heavy (non-hydrogen) atoms. The highest BCUT2D eigenvalue weighted by molar-refractivity contribution is 5.68. The van der Waals surface area contributed by atoms with Crippen molar-refractivity contribution in [1.29, 1.82) is 0 Å². The molecule has 1 aromatic carbocycles. The van der Waals surface area contributed by atoms with Gasteiger partial charge in [-0.15, -0.1) is 5.10 Å². The van der Waals surface area contributed by atoms with Gasteiger partial charge in [0.05, 0.1) is 12.8 Å². The van der Waals surface area contributed by atoms with Gasteiger partial charge >= 0.3 is 0 Å². The van der Waals surface area contributed by atoms with E-state index in [4.69, 9.17) is 9.47 Å². The molecule has 108 valence electrons. The third-order valence-corrected chi connectivity index (χ3v) is 3.00. The van der Waals surface area contributed by atoms with E-state index in [1.807, 2.05) is 0 Å². The molecule has 0 aliphatic rings. The van der Waals surface area contributed by atoms with Crippen LogP contribution in [0.3, 0.4) is 0 Å². The first-order valence-electron chi connectivity index (χ1n) is 6.26. The monoisotopic (exact) mass is 288 g/mol. The summed E-state index contributed by atoms with van der Waals surface area (Å²) in [5.41, 5.74) is 1.42. The van der Waals surface area contributed by atoms with Crippen molar-refractivity contribution in [3.63, 3.8) is 0 Å². The fourth-order valence-electron chi connectivity index (χ4n) is 2.11. The number of benzene rings is 1. The molecule has 0 saturated heterocycles. The summed E-state index contributed by atoms with van der Waals surface area (Å²) in [5, 5.41) is 4.35. The maximum absolute atomic E-state index is 13.3. The SMILES string of the molecule is COCc1nc2nccc(-c3ccc(F)cc3OC)n2n1. The molecule has 0 unspecified atom stereocenters. The van der Waals surface area contributed by atoms with Crippen LogP contribution in [0, 0.1) is 5.82 Å². The van der Waals surface area contributed by atoms with Gasteiger partial charge in [0.2, 0.25) is 0 Å². The van der Waals surface area contributed by atoms with E-state index in [1.54, 1.807) is 30.0 Å². The molecule has 2 aromatic heterocycles. The highest BCUT2D eigenvalue weighted by Gasteiger charge is 2.13. The topological polar surface area (TPSA) is 61.5 Å². The Labute approximate surface area is 120 Å². The van der Waals surface area contributed by atoms with E-state index in [0.29, 0.717) is 35.2 Å². The molecule has 3 rings (SSSR count). The van der Waals surface area contributed by atoms with Crippen molar-refractivity contribution in [3.05, 3.63) is 42.1 Å². The van der Waals surface area contributed by atoms with Crippen LogP contribution in [-0.4, -0.2) is 33.8 Å². The standard InChI is InChI=1S/C14H13FN4O2/c1-20-8-13-17-14-16-6-5-11(19(14)18-13)10-4-3-9(15)7-12(10)21-2/h3-7H,8H2,1-2H3. The number of methoxy groups -OCH3 is 2. The molecule has 0 amide bonds. The van der Waals surface area contributed by atoms with Crippen LogP contribution in [0.4, 0.5) is 4.39 Å². The normalized spacial score (nSPS) is 11.0. The minimum absolute atomic E-state index is 0.295. The Hall–Kier alpha value is -2.54. The second-order valence-corrected chi connectivity index (χ2v) is 4.35. The van der Waals surface area contributed by atoms with E-state index in [1.165, 1.54) is 19.2 Å². The Morgan fingerprint density at radius 3 is 2.86 bits per heavy atom. The lowest BCUT2D eigenvalue weighted by molar-refractivity contribution is 0.178. The van der Waals surface area contributed by atoms with Gasteiger partial charge in [-0.05, 0) is 18.2 Å². The Morgan fingerprint density at radius 1 is 1.24 bits per heavy atom. The van der Waals surface area contributed by atoms with Crippen LogP contribution in [0.5, 0.6) is 5.75 Å². The Morgan fingerprint density at radius 2 is 2.10 bits per heavy atom. The Bertz CT molecular complexity index is 788. The molecule has 0 N–H and O–H groups in total. The largest absolute Gasteiger partial charge is 0.496 e. The van der Waals surface area contributed by atoms with Crippen molar-refractivity contribution in [2.24, 2.45) is 0 Å². The molecule has 0 aliphatic carbocycles. The highest BCUT2D eigenvalue weighted by Crippen LogP contribution is 2.30. The average molecular weight is 288 g/mol. The predicted octanol–water partition coefficient (Wildman–Crippen LogP) is 2.09. The summed E-state index contributed by atoms with van der Waals surface area (Å²) in [4.78, 5) is 8.42. The minimum atomic E-state index is -0.362. The van der Waals surface area contributed by atoms with Crippen molar-refractivity contribution >= 4 is 5.78 Å². The van der Waals surface area contributed by atoms with E-state index in [-0.39, 0.29) is 5.82 Å². The highest BCUT2D eigenvalue weighted by atomic mass is 19.1. The first-order valence-corrected chi connectivity index (χ1v) is 6.26. The molecular weight excluding hydrogens is 275 g/mol. The Balaban J connectivity index is 2.20. The van der Waals surface area contributed by atoms with E-state index in [2.05, 4.69) is 15.1 Å². The van der Waals surface area contributed by atoms with Gasteiger partial charge in [-0.1, -0.05) is 0 Å². The minimum Gasteiger partial charge on any atom is -0.496 e. The maximum Gasteiger partial charge on any atom is 0.253 e. The summed E-state index contributed by atoms with van der Waals surface area (Å²) >= 11 is 0. The molecule has 6 nitrogen and oxygen atoms in total. The van der Waals surface area contributed by atoms with E-state index in [9.17, 15) is 4.39 Å². The number of fused-ring (bicyclic) bond motifs is 1. The maximum atomic E-state index is 13.3. The second kappa shape index (κ2) is 5.45. The summed E-state index contributed by atoms with van der Waals surface area (Å²) in [6.45, 7) is 0.295. The second-order valence-electron chi connectivity index (χ2n) is 4.35. The molecule has 2 heterocycles. The van der Waals surface area contributed by atoms with Crippen molar-refractivity contribution in [1.82, 2.24) is 19.6 Å². The lowest BCUT2D eigenvalue weighted by atomic mass is 10.1. The third kappa shape index (κ3) is 2.43. The molecule has 0 spiro atoms. The summed E-state index contributed by atoms with van der Waals surface area (Å²) in [7, 11) is 3.07. The van der Waals surface area contributed by atoms with Crippen LogP contribution in [0.15, 0.2) is 30.5 Å². The zero-order chi connectivity index (χ0) is 14.8. The number of aromatic nitrogens is 4. The molecule has 7 heteroatoms. The van der Waals surface area contributed by atoms with Gasteiger partial charge in [0.1, 0.15) is 18.2 Å². The molecule has 3 aromatic rings. The number of rotatable bonds is 4. The zero-order valence-electron chi connectivity index (χ0n) is 11.6. The molecule has 0 fully saturated rings. The quantitative estimate of drug-likeness (QED) is 0.735. The number of halogens is 1. The Kier molecular flexibility index (Phi) is 3.49. The molecule has 0 saturated carbocycles. The van der Waals surface area contributed by atoms with Crippen LogP contribution in [0.2, 0.25) is 0 Å². The van der Waals surface area contributed by atoms with Gasteiger partial charge in [-0.3, -0.25) is 0 Å². The van der Waals surface area contributed by atoms with Gasteiger partial charge in [0.25, 0.3) is 5.78 Å². The molecule has 0 bridgehead atoms. The summed E-state index contributed by atoms with van der Waals surface area (Å²) in [6, 6.07) is 6.11. The fourth-order valence-corrected chi connectivity index (χ4v) is 2.11. The number of ether oxygens (including phenoxy) is 2. The van der Waals surface area contributed by atoms with Crippen molar-refractivity contribution in [2.45, 2.75) is 6.61 Å². The molecule has 0 radical (unpaired) electrons.